The average Bonchev–Trinajstić information content (AvgIpc) is 2.63. The minimum Gasteiger partial charge on any atom is -0.460 e. The van der Waals surface area contributed by atoms with Gasteiger partial charge in [0.2, 0.25) is 0 Å². The number of nitro benzene ring substituents is 1. The molecule has 0 atom stereocenters. The molecule has 25 heavy (non-hydrogen) atoms. The van der Waals surface area contributed by atoms with Crippen LogP contribution in [0.25, 0.3) is 0 Å². The number of halogens is 1. The van der Waals surface area contributed by atoms with E-state index in [1.54, 1.807) is 23.4 Å². The second-order valence-electron chi connectivity index (χ2n) is 5.56. The first-order chi connectivity index (χ1) is 12.0. The number of piperidine rings is 1. The van der Waals surface area contributed by atoms with E-state index < -0.39 is 4.92 Å². The van der Waals surface area contributed by atoms with Crippen molar-refractivity contribution in [3.05, 3.63) is 57.4 Å². The fraction of sp³-hybridized carbons (Fsp3) is 0.312. The quantitative estimate of drug-likeness (QED) is 0.612. The first-order valence-corrected chi connectivity index (χ1v) is 8.09. The van der Waals surface area contributed by atoms with Gasteiger partial charge < -0.3 is 9.64 Å². The molecule has 1 amide bonds. The molecule has 1 fully saturated rings. The van der Waals surface area contributed by atoms with Crippen LogP contribution in [0.3, 0.4) is 0 Å². The summed E-state index contributed by atoms with van der Waals surface area (Å²) in [5.74, 6) is -0.255. The SMILES string of the molecule is O=C(c1ccc(Cl)c([N+](=O)[O-])c1)N1CCC(Oc2ncccn2)CC1. The summed E-state index contributed by atoms with van der Waals surface area (Å²) in [5.41, 5.74) is -0.0196. The van der Waals surface area contributed by atoms with Crippen LogP contribution in [0.15, 0.2) is 36.7 Å². The van der Waals surface area contributed by atoms with Gasteiger partial charge >= 0.3 is 6.01 Å². The minimum absolute atomic E-state index is 0.0107. The monoisotopic (exact) mass is 362 g/mol. The van der Waals surface area contributed by atoms with Gasteiger partial charge in [-0.25, -0.2) is 9.97 Å². The predicted molar refractivity (Wildman–Crippen MR) is 89.7 cm³/mol. The Morgan fingerprint density at radius 2 is 1.96 bits per heavy atom. The Morgan fingerprint density at radius 3 is 2.60 bits per heavy atom. The molecule has 2 heterocycles. The van der Waals surface area contributed by atoms with Crippen LogP contribution in [-0.4, -0.2) is 44.9 Å². The molecule has 1 saturated heterocycles. The van der Waals surface area contributed by atoms with E-state index >= 15 is 0 Å². The summed E-state index contributed by atoms with van der Waals surface area (Å²) in [6.45, 7) is 0.986. The van der Waals surface area contributed by atoms with Crippen LogP contribution in [0.2, 0.25) is 5.02 Å². The second kappa shape index (κ2) is 7.43. The van der Waals surface area contributed by atoms with E-state index in [4.69, 9.17) is 16.3 Å². The number of benzene rings is 1. The van der Waals surface area contributed by atoms with Gasteiger partial charge in [0.05, 0.1) is 4.92 Å². The molecule has 1 aromatic heterocycles. The Balaban J connectivity index is 1.62. The number of carbonyl (C=O) groups is 1. The van der Waals surface area contributed by atoms with Crippen molar-refractivity contribution in [3.63, 3.8) is 0 Å². The fourth-order valence-corrected chi connectivity index (χ4v) is 2.83. The molecule has 1 aromatic carbocycles. The van der Waals surface area contributed by atoms with Crippen LogP contribution in [-0.2, 0) is 0 Å². The van der Waals surface area contributed by atoms with Crippen molar-refractivity contribution in [3.8, 4) is 6.01 Å². The number of nitrogens with zero attached hydrogens (tertiary/aromatic N) is 4. The van der Waals surface area contributed by atoms with E-state index in [9.17, 15) is 14.9 Å². The molecule has 130 valence electrons. The number of ether oxygens (including phenoxy) is 1. The molecule has 0 unspecified atom stereocenters. The third-order valence-corrected chi connectivity index (χ3v) is 4.25. The van der Waals surface area contributed by atoms with Crippen molar-refractivity contribution < 1.29 is 14.5 Å². The molecule has 0 spiro atoms. The highest BCUT2D eigenvalue weighted by Gasteiger charge is 2.26. The van der Waals surface area contributed by atoms with Gasteiger partial charge in [0.25, 0.3) is 11.6 Å². The molecular weight excluding hydrogens is 348 g/mol. The number of aromatic nitrogens is 2. The van der Waals surface area contributed by atoms with Crippen LogP contribution in [0.1, 0.15) is 23.2 Å². The Bertz CT molecular complexity index is 779. The number of likely N-dealkylation sites (tertiary alicyclic amines) is 1. The maximum absolute atomic E-state index is 12.5. The Labute approximate surface area is 148 Å². The van der Waals surface area contributed by atoms with Crippen LogP contribution < -0.4 is 4.74 Å². The third kappa shape index (κ3) is 4.03. The van der Waals surface area contributed by atoms with Crippen LogP contribution in [0, 0.1) is 10.1 Å². The first kappa shape index (κ1) is 17.1. The molecule has 0 radical (unpaired) electrons. The molecule has 3 rings (SSSR count). The standard InChI is InChI=1S/C16H15ClN4O4/c17-13-3-2-11(10-14(13)21(23)24)15(22)20-8-4-12(5-9-20)25-16-18-6-1-7-19-16/h1-3,6-7,10,12H,4-5,8-9H2. The summed E-state index contributed by atoms with van der Waals surface area (Å²) < 4.78 is 5.69. The summed E-state index contributed by atoms with van der Waals surface area (Å²) in [7, 11) is 0. The zero-order valence-corrected chi connectivity index (χ0v) is 13.9. The van der Waals surface area contributed by atoms with E-state index in [1.807, 2.05) is 0 Å². The van der Waals surface area contributed by atoms with Gasteiger partial charge in [-0.15, -0.1) is 0 Å². The van der Waals surface area contributed by atoms with Crippen LogP contribution in [0.5, 0.6) is 6.01 Å². The summed E-state index contributed by atoms with van der Waals surface area (Å²) >= 11 is 5.78. The Kier molecular flexibility index (Phi) is 5.08. The molecule has 1 aliphatic heterocycles. The van der Waals surface area contributed by atoms with Crippen molar-refractivity contribution in [1.82, 2.24) is 14.9 Å². The van der Waals surface area contributed by atoms with E-state index in [2.05, 4.69) is 9.97 Å². The number of amides is 1. The molecular formula is C16H15ClN4O4. The number of hydrogen-bond acceptors (Lipinski definition) is 6. The molecule has 1 aliphatic rings. The van der Waals surface area contributed by atoms with Gasteiger partial charge in [0.15, 0.2) is 0 Å². The van der Waals surface area contributed by atoms with E-state index in [0.717, 1.165) is 0 Å². The van der Waals surface area contributed by atoms with Gasteiger partial charge in [-0.05, 0) is 18.2 Å². The lowest BCUT2D eigenvalue weighted by molar-refractivity contribution is -0.384. The normalized spacial score (nSPS) is 15.0. The number of hydrogen-bond donors (Lipinski definition) is 0. The van der Waals surface area contributed by atoms with Gasteiger partial charge in [-0.2, -0.15) is 0 Å². The predicted octanol–water partition coefficient (Wildman–Crippen LogP) is 2.72. The lowest BCUT2D eigenvalue weighted by Gasteiger charge is -2.31. The van der Waals surface area contributed by atoms with Crippen molar-refractivity contribution >= 4 is 23.2 Å². The van der Waals surface area contributed by atoms with Crippen LogP contribution in [0.4, 0.5) is 5.69 Å². The highest BCUT2D eigenvalue weighted by Crippen LogP contribution is 2.26. The molecule has 0 aliphatic carbocycles. The fourth-order valence-electron chi connectivity index (χ4n) is 2.64. The van der Waals surface area contributed by atoms with Crippen molar-refractivity contribution in [2.75, 3.05) is 13.1 Å². The van der Waals surface area contributed by atoms with E-state index in [1.165, 1.54) is 18.2 Å². The summed E-state index contributed by atoms with van der Waals surface area (Å²) in [5, 5.41) is 11.0. The average molecular weight is 363 g/mol. The molecule has 0 N–H and O–H groups in total. The maximum Gasteiger partial charge on any atom is 0.316 e. The third-order valence-electron chi connectivity index (χ3n) is 3.93. The topological polar surface area (TPSA) is 98.5 Å². The number of carbonyl (C=O) groups excluding carboxylic acids is 1. The molecule has 8 nitrogen and oxygen atoms in total. The lowest BCUT2D eigenvalue weighted by Crippen LogP contribution is -2.41. The van der Waals surface area contributed by atoms with Crippen molar-refractivity contribution in [2.24, 2.45) is 0 Å². The van der Waals surface area contributed by atoms with E-state index in [-0.39, 0.29) is 28.3 Å². The largest absolute Gasteiger partial charge is 0.460 e. The Hall–Kier alpha value is -2.74. The summed E-state index contributed by atoms with van der Waals surface area (Å²) in [4.78, 5) is 32.6. The zero-order valence-electron chi connectivity index (χ0n) is 13.2. The number of rotatable bonds is 4. The van der Waals surface area contributed by atoms with Crippen molar-refractivity contribution in [2.45, 2.75) is 18.9 Å². The second-order valence-corrected chi connectivity index (χ2v) is 5.97. The minimum atomic E-state index is -0.598. The molecule has 2 aromatic rings. The van der Waals surface area contributed by atoms with Gasteiger partial charge in [-0.3, -0.25) is 14.9 Å². The zero-order chi connectivity index (χ0) is 17.8. The number of nitro groups is 1. The first-order valence-electron chi connectivity index (χ1n) is 7.71. The molecule has 9 heteroatoms. The summed E-state index contributed by atoms with van der Waals surface area (Å²) in [6.07, 6.45) is 4.42. The smallest absolute Gasteiger partial charge is 0.316 e. The van der Waals surface area contributed by atoms with Crippen molar-refractivity contribution in [1.29, 1.82) is 0 Å². The Morgan fingerprint density at radius 1 is 1.28 bits per heavy atom. The maximum atomic E-state index is 12.5. The summed E-state index contributed by atoms with van der Waals surface area (Å²) in [6, 6.07) is 6.11. The molecule has 0 bridgehead atoms. The lowest BCUT2D eigenvalue weighted by atomic mass is 10.1. The van der Waals surface area contributed by atoms with Gasteiger partial charge in [0, 0.05) is 50.0 Å². The van der Waals surface area contributed by atoms with Crippen LogP contribution >= 0.6 is 11.6 Å². The van der Waals surface area contributed by atoms with Gasteiger partial charge in [0.1, 0.15) is 11.1 Å². The highest BCUT2D eigenvalue weighted by atomic mass is 35.5. The molecule has 0 saturated carbocycles. The highest BCUT2D eigenvalue weighted by molar-refractivity contribution is 6.32. The van der Waals surface area contributed by atoms with Gasteiger partial charge in [-0.1, -0.05) is 11.6 Å². The van der Waals surface area contributed by atoms with E-state index in [0.29, 0.717) is 31.9 Å².